The summed E-state index contributed by atoms with van der Waals surface area (Å²) in [6.45, 7) is -0.369. The van der Waals surface area contributed by atoms with Crippen molar-refractivity contribution in [2.45, 2.75) is 11.0 Å². The van der Waals surface area contributed by atoms with Gasteiger partial charge in [-0.3, -0.25) is 4.79 Å². The van der Waals surface area contributed by atoms with Crippen molar-refractivity contribution in [1.29, 1.82) is 0 Å². The van der Waals surface area contributed by atoms with Gasteiger partial charge in [0.1, 0.15) is 5.82 Å². The number of rotatable bonds is 6. The van der Waals surface area contributed by atoms with Crippen molar-refractivity contribution in [1.82, 2.24) is 5.32 Å². The molecule has 0 radical (unpaired) electrons. The number of halogens is 1. The zero-order chi connectivity index (χ0) is 13.5. The Morgan fingerprint density at radius 2 is 2.06 bits per heavy atom. The zero-order valence-electron chi connectivity index (χ0n) is 9.30. The van der Waals surface area contributed by atoms with Crippen LogP contribution in [0, 0.1) is 5.82 Å². The molecule has 18 heavy (non-hydrogen) atoms. The number of aliphatic hydroxyl groups is 1. The van der Waals surface area contributed by atoms with Crippen molar-refractivity contribution in [3.05, 3.63) is 30.1 Å². The number of aliphatic carboxylic acids is 1. The van der Waals surface area contributed by atoms with E-state index in [1.165, 1.54) is 6.07 Å². The van der Waals surface area contributed by atoms with Gasteiger partial charge in [-0.2, -0.15) is 0 Å². The quantitative estimate of drug-likeness (QED) is 0.656. The van der Waals surface area contributed by atoms with Crippen LogP contribution in [-0.4, -0.2) is 40.5 Å². The average Bonchev–Trinajstić information content (AvgIpc) is 2.34. The van der Waals surface area contributed by atoms with Crippen LogP contribution in [0.15, 0.2) is 29.2 Å². The van der Waals surface area contributed by atoms with Crippen LogP contribution >= 0.6 is 11.8 Å². The first-order chi connectivity index (χ1) is 8.50. The van der Waals surface area contributed by atoms with E-state index in [1.807, 2.05) is 0 Å². The summed E-state index contributed by atoms with van der Waals surface area (Å²) in [4.78, 5) is 21.9. The minimum Gasteiger partial charge on any atom is -0.479 e. The van der Waals surface area contributed by atoms with Crippen molar-refractivity contribution in [2.75, 3.05) is 12.3 Å². The molecule has 0 aliphatic heterocycles. The van der Waals surface area contributed by atoms with E-state index in [2.05, 4.69) is 5.32 Å². The highest BCUT2D eigenvalue weighted by Gasteiger charge is 2.14. The van der Waals surface area contributed by atoms with Gasteiger partial charge in [0, 0.05) is 4.90 Å². The minimum absolute atomic E-state index is 0.0483. The molecule has 1 atom stereocenters. The summed E-state index contributed by atoms with van der Waals surface area (Å²) in [7, 11) is 0. The Morgan fingerprint density at radius 1 is 1.39 bits per heavy atom. The summed E-state index contributed by atoms with van der Waals surface area (Å²) < 4.78 is 13.2. The minimum atomic E-state index is -1.63. The normalized spacial score (nSPS) is 11.9. The number of carbonyl (C=O) groups excluding carboxylic acids is 1. The SMILES string of the molecule is O=C(CSc1ccccc1F)NC[C@H](O)C(=O)O. The molecular formula is C11H12FNO4S. The highest BCUT2D eigenvalue weighted by atomic mass is 32.2. The number of nitrogens with one attached hydrogen (secondary N) is 1. The van der Waals surface area contributed by atoms with Gasteiger partial charge >= 0.3 is 5.97 Å². The Kier molecular flexibility index (Phi) is 5.60. The lowest BCUT2D eigenvalue weighted by molar-refractivity contribution is -0.146. The van der Waals surface area contributed by atoms with Crippen molar-refractivity contribution in [3.63, 3.8) is 0 Å². The van der Waals surface area contributed by atoms with Gasteiger partial charge in [0.2, 0.25) is 5.91 Å². The predicted molar refractivity (Wildman–Crippen MR) is 63.8 cm³/mol. The molecule has 0 aromatic heterocycles. The number of thioether (sulfide) groups is 1. The van der Waals surface area contributed by atoms with Gasteiger partial charge < -0.3 is 15.5 Å². The molecule has 1 amide bonds. The van der Waals surface area contributed by atoms with Crippen LogP contribution in [0.1, 0.15) is 0 Å². The molecule has 0 bridgehead atoms. The third-order valence-corrected chi connectivity index (χ3v) is 3.02. The summed E-state index contributed by atoms with van der Waals surface area (Å²) >= 11 is 0.999. The highest BCUT2D eigenvalue weighted by Crippen LogP contribution is 2.20. The fourth-order valence-corrected chi connectivity index (χ4v) is 1.82. The second kappa shape index (κ2) is 6.97. The average molecular weight is 273 g/mol. The first-order valence-corrected chi connectivity index (χ1v) is 6.04. The molecule has 1 rings (SSSR count). The third-order valence-electron chi connectivity index (χ3n) is 1.97. The van der Waals surface area contributed by atoms with E-state index in [1.54, 1.807) is 18.2 Å². The standard InChI is InChI=1S/C11H12FNO4S/c12-7-3-1-2-4-9(7)18-6-10(15)13-5-8(14)11(16)17/h1-4,8,14H,5-6H2,(H,13,15)(H,16,17)/t8-/m0/s1. The zero-order valence-corrected chi connectivity index (χ0v) is 10.1. The number of hydrogen-bond acceptors (Lipinski definition) is 4. The Morgan fingerprint density at radius 3 is 2.67 bits per heavy atom. The molecule has 98 valence electrons. The third kappa shape index (κ3) is 4.72. The van der Waals surface area contributed by atoms with Gasteiger partial charge in [-0.1, -0.05) is 12.1 Å². The van der Waals surface area contributed by atoms with E-state index < -0.39 is 23.8 Å². The molecule has 0 aliphatic carbocycles. The summed E-state index contributed by atoms with van der Waals surface area (Å²) in [5, 5.41) is 19.5. The van der Waals surface area contributed by atoms with Crippen LogP contribution in [-0.2, 0) is 9.59 Å². The summed E-state index contributed by atoms with van der Waals surface area (Å²) in [6, 6.07) is 6.02. The van der Waals surface area contributed by atoms with Crippen molar-refractivity contribution in [3.8, 4) is 0 Å². The number of benzene rings is 1. The van der Waals surface area contributed by atoms with Gasteiger partial charge in [-0.15, -0.1) is 11.8 Å². The summed E-state index contributed by atoms with van der Waals surface area (Å²) in [5.74, 6) is -2.34. The number of carboxylic acid groups (broad SMARTS) is 1. The number of carbonyl (C=O) groups is 2. The maximum Gasteiger partial charge on any atom is 0.334 e. The Hall–Kier alpha value is -1.60. The molecule has 0 aliphatic rings. The topological polar surface area (TPSA) is 86.6 Å². The Bertz CT molecular complexity index is 441. The predicted octanol–water partition coefficient (Wildman–Crippen LogP) is 0.479. The van der Waals surface area contributed by atoms with E-state index in [0.29, 0.717) is 4.90 Å². The second-order valence-electron chi connectivity index (χ2n) is 3.38. The Balaban J connectivity index is 2.34. The lowest BCUT2D eigenvalue weighted by Crippen LogP contribution is -2.37. The number of hydrogen-bond donors (Lipinski definition) is 3. The smallest absolute Gasteiger partial charge is 0.334 e. The van der Waals surface area contributed by atoms with Crippen molar-refractivity contribution < 1.29 is 24.2 Å². The van der Waals surface area contributed by atoms with E-state index in [0.717, 1.165) is 11.8 Å². The first kappa shape index (κ1) is 14.5. The molecule has 0 fully saturated rings. The van der Waals surface area contributed by atoms with Crippen LogP contribution < -0.4 is 5.32 Å². The molecule has 0 unspecified atom stereocenters. The number of carboxylic acids is 1. The molecule has 0 heterocycles. The van der Waals surface area contributed by atoms with Crippen LogP contribution in [0.4, 0.5) is 4.39 Å². The molecule has 3 N–H and O–H groups in total. The molecule has 0 saturated heterocycles. The molecule has 7 heteroatoms. The van der Waals surface area contributed by atoms with Gasteiger partial charge in [-0.05, 0) is 12.1 Å². The molecule has 5 nitrogen and oxygen atoms in total. The lowest BCUT2D eigenvalue weighted by Gasteiger charge is -2.07. The summed E-state index contributed by atoms with van der Waals surface area (Å²) in [5.41, 5.74) is 0. The van der Waals surface area contributed by atoms with Crippen LogP contribution in [0.3, 0.4) is 0 Å². The van der Waals surface area contributed by atoms with Crippen molar-refractivity contribution >= 4 is 23.6 Å². The molecule has 1 aromatic carbocycles. The van der Waals surface area contributed by atoms with E-state index in [-0.39, 0.29) is 12.3 Å². The molecule has 0 saturated carbocycles. The van der Waals surface area contributed by atoms with E-state index in [9.17, 15) is 14.0 Å². The lowest BCUT2D eigenvalue weighted by atomic mass is 10.3. The van der Waals surface area contributed by atoms with Crippen LogP contribution in [0.2, 0.25) is 0 Å². The second-order valence-corrected chi connectivity index (χ2v) is 4.39. The Labute approximate surface area is 107 Å². The molecule has 1 aromatic rings. The van der Waals surface area contributed by atoms with Crippen LogP contribution in [0.5, 0.6) is 0 Å². The van der Waals surface area contributed by atoms with Gasteiger partial charge in [-0.25, -0.2) is 9.18 Å². The molecule has 0 spiro atoms. The maximum atomic E-state index is 13.2. The van der Waals surface area contributed by atoms with Gasteiger partial charge in [0.15, 0.2) is 6.10 Å². The van der Waals surface area contributed by atoms with E-state index >= 15 is 0 Å². The summed E-state index contributed by atoms with van der Waals surface area (Å²) in [6.07, 6.45) is -1.63. The van der Waals surface area contributed by atoms with Crippen molar-refractivity contribution in [2.24, 2.45) is 0 Å². The molecular weight excluding hydrogens is 261 g/mol. The van der Waals surface area contributed by atoms with Gasteiger partial charge in [0.25, 0.3) is 0 Å². The fourth-order valence-electron chi connectivity index (χ4n) is 1.05. The fraction of sp³-hybridized carbons (Fsp3) is 0.273. The largest absolute Gasteiger partial charge is 0.479 e. The number of aliphatic hydroxyl groups excluding tert-OH is 1. The highest BCUT2D eigenvalue weighted by molar-refractivity contribution is 8.00. The maximum absolute atomic E-state index is 13.2. The van der Waals surface area contributed by atoms with E-state index in [4.69, 9.17) is 10.2 Å². The number of amides is 1. The van der Waals surface area contributed by atoms with Crippen LogP contribution in [0.25, 0.3) is 0 Å². The van der Waals surface area contributed by atoms with Gasteiger partial charge in [0.05, 0.1) is 12.3 Å². The first-order valence-electron chi connectivity index (χ1n) is 5.05. The monoisotopic (exact) mass is 273 g/mol.